The van der Waals surface area contributed by atoms with Crippen LogP contribution in [0.15, 0.2) is 0 Å². The Kier molecular flexibility index (Phi) is 27.1. The van der Waals surface area contributed by atoms with Crippen molar-refractivity contribution in [2.75, 3.05) is 66.1 Å². The summed E-state index contributed by atoms with van der Waals surface area (Å²) in [5.74, 6) is 0.210. The van der Waals surface area contributed by atoms with E-state index in [9.17, 15) is 0 Å². The molecular formula is C40H90O15Si5. The molecule has 0 amide bonds. The minimum atomic E-state index is -4.67. The molecule has 360 valence electrons. The molecule has 1 saturated heterocycles. The van der Waals surface area contributed by atoms with Crippen molar-refractivity contribution in [1.82, 2.24) is 0 Å². The highest BCUT2D eigenvalue weighted by molar-refractivity contribution is 6.83. The van der Waals surface area contributed by atoms with Gasteiger partial charge >= 0.3 is 45.2 Å². The van der Waals surface area contributed by atoms with Crippen molar-refractivity contribution in [2.24, 2.45) is 59.2 Å². The smallest absolute Gasteiger partial charge is 0.352 e. The fourth-order valence-electron chi connectivity index (χ4n) is 4.35. The predicted molar refractivity (Wildman–Crippen MR) is 242 cm³/mol. The molecular weight excluding hydrogens is 861 g/mol. The van der Waals surface area contributed by atoms with Gasteiger partial charge in [0.15, 0.2) is 0 Å². The molecule has 0 bridgehead atoms. The van der Waals surface area contributed by atoms with Crippen LogP contribution in [0.5, 0.6) is 0 Å². The van der Waals surface area contributed by atoms with E-state index in [1.165, 1.54) is 0 Å². The second-order valence-electron chi connectivity index (χ2n) is 20.1. The minimum absolute atomic E-state index is 0.0210. The number of hydrogen-bond donors (Lipinski definition) is 0. The molecule has 0 aromatic rings. The van der Waals surface area contributed by atoms with Gasteiger partial charge in [0.25, 0.3) is 0 Å². The Bertz CT molecular complexity index is 854. The average molecular weight is 952 g/mol. The molecule has 0 saturated carbocycles. The maximum absolute atomic E-state index is 7.27. The third-order valence-electron chi connectivity index (χ3n) is 7.18. The van der Waals surface area contributed by atoms with Gasteiger partial charge in [-0.3, -0.25) is 0 Å². The molecule has 1 heterocycles. The molecule has 20 heteroatoms. The third kappa shape index (κ3) is 23.6. The summed E-state index contributed by atoms with van der Waals surface area (Å²) in [5.41, 5.74) is 0. The Morgan fingerprint density at radius 1 is 0.200 bits per heavy atom. The van der Waals surface area contributed by atoms with Gasteiger partial charge in [-0.05, 0) is 59.2 Å². The zero-order valence-corrected chi connectivity index (χ0v) is 46.5. The van der Waals surface area contributed by atoms with Crippen LogP contribution >= 0.6 is 0 Å². The van der Waals surface area contributed by atoms with Crippen LogP contribution in [0.25, 0.3) is 0 Å². The Morgan fingerprint density at radius 3 is 0.350 bits per heavy atom. The van der Waals surface area contributed by atoms with Crippen LogP contribution in [-0.2, 0) is 64.8 Å². The van der Waals surface area contributed by atoms with Crippen molar-refractivity contribution in [3.63, 3.8) is 0 Å². The molecule has 0 spiro atoms. The summed E-state index contributed by atoms with van der Waals surface area (Å²) in [6.45, 7) is 42.4. The normalized spacial score (nSPS) is 19.5. The summed E-state index contributed by atoms with van der Waals surface area (Å²) < 4.78 is 105. The largest absolute Gasteiger partial charge is 0.668 e. The highest BCUT2D eigenvalue weighted by atomic mass is 28.6. The van der Waals surface area contributed by atoms with E-state index in [-0.39, 0.29) is 125 Å². The predicted octanol–water partition coefficient (Wildman–Crippen LogP) is 8.99. The van der Waals surface area contributed by atoms with Crippen LogP contribution in [0.4, 0.5) is 0 Å². The van der Waals surface area contributed by atoms with E-state index in [1.807, 2.05) is 138 Å². The maximum Gasteiger partial charge on any atom is 0.668 e. The second kappa shape index (κ2) is 27.8. The minimum Gasteiger partial charge on any atom is -0.352 e. The Balaban J connectivity index is 4.84. The van der Waals surface area contributed by atoms with E-state index >= 15 is 0 Å². The van der Waals surface area contributed by atoms with Gasteiger partial charge in [0.05, 0.1) is 0 Å². The lowest BCUT2D eigenvalue weighted by Crippen LogP contribution is -2.76. The van der Waals surface area contributed by atoms with E-state index in [0.717, 1.165) is 0 Å². The Hall–Kier alpha value is 0.484. The second-order valence-corrected chi connectivity index (χ2v) is 32.0. The summed E-state index contributed by atoms with van der Waals surface area (Å²) in [5, 5.41) is 0. The van der Waals surface area contributed by atoms with Crippen LogP contribution in [0.2, 0.25) is 0 Å². The molecule has 1 aliphatic rings. The molecule has 60 heavy (non-hydrogen) atoms. The van der Waals surface area contributed by atoms with E-state index in [0.29, 0.717) is 0 Å². The molecule has 0 radical (unpaired) electrons. The van der Waals surface area contributed by atoms with E-state index in [2.05, 4.69) is 0 Å². The van der Waals surface area contributed by atoms with Crippen LogP contribution in [0, 0.1) is 59.2 Å². The average Bonchev–Trinajstić information content (AvgIpc) is 3.12. The van der Waals surface area contributed by atoms with Crippen molar-refractivity contribution in [3.05, 3.63) is 0 Å². The van der Waals surface area contributed by atoms with Crippen LogP contribution in [-0.4, -0.2) is 111 Å². The molecule has 1 fully saturated rings. The lowest BCUT2D eigenvalue weighted by Gasteiger charge is -2.46. The molecule has 15 nitrogen and oxygen atoms in total. The maximum atomic E-state index is 7.27. The summed E-state index contributed by atoms with van der Waals surface area (Å²) in [6, 6.07) is 0. The first-order valence-corrected chi connectivity index (χ1v) is 30.8. The molecule has 0 aromatic carbocycles. The highest BCUT2D eigenvalue weighted by Gasteiger charge is 2.76. The zero-order chi connectivity index (χ0) is 46.0. The van der Waals surface area contributed by atoms with Crippen LogP contribution in [0.1, 0.15) is 138 Å². The number of rotatable bonds is 30. The van der Waals surface area contributed by atoms with Crippen molar-refractivity contribution < 1.29 is 64.8 Å². The topological polar surface area (TPSA) is 138 Å². The van der Waals surface area contributed by atoms with Gasteiger partial charge in [-0.2, -0.15) is 0 Å². The van der Waals surface area contributed by atoms with Crippen LogP contribution in [0.3, 0.4) is 0 Å². The van der Waals surface area contributed by atoms with Gasteiger partial charge in [-0.15, -0.1) is 0 Å². The standard InChI is InChI=1S/C40H90O15Si5/c1-31(2)21-41-56(42-22-32(3)4)51-57(43-23-33(5)6,44-24-34(7)8)53-59(47-27-37(13)14,48-28-38(15)16)55-60(49-29-39(17)18,50-30-40(19)20)54-58(52-56,45-25-35(9)10)46-26-36(11)12/h31-40H,21-30H2,1-20H3. The van der Waals surface area contributed by atoms with Gasteiger partial charge in [0.2, 0.25) is 0 Å². The Labute approximate surface area is 372 Å². The quantitative estimate of drug-likeness (QED) is 0.0633. The Morgan fingerprint density at radius 2 is 0.283 bits per heavy atom. The van der Waals surface area contributed by atoms with E-state index < -0.39 is 45.2 Å². The van der Waals surface area contributed by atoms with Gasteiger partial charge in [0, 0.05) is 66.1 Å². The zero-order valence-electron chi connectivity index (χ0n) is 41.5. The molecule has 0 N–H and O–H groups in total. The van der Waals surface area contributed by atoms with Crippen molar-refractivity contribution in [2.45, 2.75) is 138 Å². The molecule has 0 aliphatic carbocycles. The highest BCUT2D eigenvalue weighted by Crippen LogP contribution is 2.38. The van der Waals surface area contributed by atoms with Gasteiger partial charge in [0.1, 0.15) is 0 Å². The molecule has 0 aromatic heterocycles. The SMILES string of the molecule is CC(C)CO[Si]1(OCC(C)C)O[Si](OCC(C)C)(OCC(C)C)O[Si](OCC(C)C)(OCC(C)C)O[Si](OCC(C)C)(OCC(C)C)O[Si](OCC(C)C)(OCC(C)C)O1. The number of hydrogen-bond acceptors (Lipinski definition) is 15. The molecule has 1 aliphatic heterocycles. The monoisotopic (exact) mass is 951 g/mol. The lowest BCUT2D eigenvalue weighted by molar-refractivity contribution is -0.120. The van der Waals surface area contributed by atoms with E-state index in [1.54, 1.807) is 0 Å². The van der Waals surface area contributed by atoms with Crippen molar-refractivity contribution >= 4 is 45.2 Å². The van der Waals surface area contributed by atoms with Crippen molar-refractivity contribution in [3.8, 4) is 0 Å². The third-order valence-corrected chi connectivity index (χ3v) is 22.4. The summed E-state index contributed by atoms with van der Waals surface area (Å²) in [4.78, 5) is 0. The van der Waals surface area contributed by atoms with Crippen molar-refractivity contribution in [1.29, 1.82) is 0 Å². The van der Waals surface area contributed by atoms with Gasteiger partial charge < -0.3 is 64.8 Å². The fraction of sp³-hybridized carbons (Fsp3) is 1.00. The fourth-order valence-corrected chi connectivity index (χ4v) is 23.7. The molecule has 0 atom stereocenters. The first kappa shape index (κ1) is 58.5. The van der Waals surface area contributed by atoms with Crippen LogP contribution < -0.4 is 0 Å². The van der Waals surface area contributed by atoms with Gasteiger partial charge in [-0.1, -0.05) is 138 Å². The summed E-state index contributed by atoms with van der Waals surface area (Å²) in [6.07, 6.45) is 0. The van der Waals surface area contributed by atoms with Gasteiger partial charge in [-0.25, -0.2) is 0 Å². The lowest BCUT2D eigenvalue weighted by atomic mass is 10.2. The van der Waals surface area contributed by atoms with E-state index in [4.69, 9.17) is 64.8 Å². The molecule has 0 unspecified atom stereocenters. The summed E-state index contributed by atoms with van der Waals surface area (Å²) >= 11 is 0. The first-order valence-electron chi connectivity index (χ1n) is 22.6. The first-order chi connectivity index (χ1) is 27.7. The summed E-state index contributed by atoms with van der Waals surface area (Å²) in [7, 11) is -23.3. The molecule has 1 rings (SSSR count).